The van der Waals surface area contributed by atoms with Crippen molar-refractivity contribution in [3.8, 4) is 0 Å². The number of rotatable bonds is 60. The summed E-state index contributed by atoms with van der Waals surface area (Å²) in [5.41, 5.74) is 0. The van der Waals surface area contributed by atoms with Gasteiger partial charge in [-0.25, -0.2) is 0 Å². The van der Waals surface area contributed by atoms with E-state index in [1.54, 1.807) is 0 Å². The van der Waals surface area contributed by atoms with Gasteiger partial charge in [-0.15, -0.1) is 0 Å². The Hall–Kier alpha value is -0.0400. The SMILES string of the molecule is CCCCCCCCCCCCCCCCCCC[N+](CCCCCCC)(CCCCCCCCCCCCCCCCCCC)CCCCCCCCCCCCCCCCCCC. The number of nitrogens with zero attached hydrogens (tertiary/aromatic N) is 1. The molecular formula is C64H132N+. The van der Waals surface area contributed by atoms with Gasteiger partial charge < -0.3 is 4.48 Å². The fourth-order valence-electron chi connectivity index (χ4n) is 11.2. The van der Waals surface area contributed by atoms with Gasteiger partial charge in [0.15, 0.2) is 0 Å². The summed E-state index contributed by atoms with van der Waals surface area (Å²) in [7, 11) is 0. The van der Waals surface area contributed by atoms with E-state index in [0.717, 1.165) is 0 Å². The van der Waals surface area contributed by atoms with E-state index in [-0.39, 0.29) is 0 Å². The molecule has 0 fully saturated rings. The molecule has 0 radical (unpaired) electrons. The van der Waals surface area contributed by atoms with Crippen LogP contribution in [-0.4, -0.2) is 30.7 Å². The van der Waals surface area contributed by atoms with Crippen LogP contribution < -0.4 is 0 Å². The Bertz CT molecular complexity index is 710. The van der Waals surface area contributed by atoms with Crippen LogP contribution in [0, 0.1) is 0 Å². The van der Waals surface area contributed by atoms with Crippen LogP contribution in [0.5, 0.6) is 0 Å². The summed E-state index contributed by atoms with van der Waals surface area (Å²) in [5.74, 6) is 0. The fourth-order valence-corrected chi connectivity index (χ4v) is 11.2. The van der Waals surface area contributed by atoms with Gasteiger partial charge in [-0.05, 0) is 51.4 Å². The number of quaternary nitrogens is 1. The summed E-state index contributed by atoms with van der Waals surface area (Å²) in [6.07, 6.45) is 82.7. The molecule has 0 rings (SSSR count). The molecule has 0 saturated carbocycles. The molecule has 65 heavy (non-hydrogen) atoms. The third-order valence-electron chi connectivity index (χ3n) is 15.9. The highest BCUT2D eigenvalue weighted by molar-refractivity contribution is 4.57. The van der Waals surface area contributed by atoms with Crippen molar-refractivity contribution in [2.24, 2.45) is 0 Å². The van der Waals surface area contributed by atoms with Gasteiger partial charge in [-0.1, -0.05) is 336 Å². The molecule has 392 valence electrons. The molecular weight excluding hydrogens is 783 g/mol. The van der Waals surface area contributed by atoms with Crippen LogP contribution in [0.3, 0.4) is 0 Å². The van der Waals surface area contributed by atoms with Gasteiger partial charge in [0.25, 0.3) is 0 Å². The highest BCUT2D eigenvalue weighted by atomic mass is 15.3. The van der Waals surface area contributed by atoms with Crippen molar-refractivity contribution in [1.82, 2.24) is 0 Å². The lowest BCUT2D eigenvalue weighted by Gasteiger charge is -2.40. The molecule has 1 nitrogen and oxygen atoms in total. The summed E-state index contributed by atoms with van der Waals surface area (Å²) < 4.78 is 1.49. The Morgan fingerprint density at radius 2 is 0.215 bits per heavy atom. The molecule has 0 heterocycles. The minimum Gasteiger partial charge on any atom is -0.324 e. The Labute approximate surface area is 416 Å². The molecule has 0 aliphatic carbocycles. The fraction of sp³-hybridized carbons (Fsp3) is 1.00. The van der Waals surface area contributed by atoms with Gasteiger partial charge in [0.2, 0.25) is 0 Å². The standard InChI is InChI=1S/C64H132N/c1-5-9-13-17-20-23-26-29-32-35-38-41-44-47-50-54-58-62-65(61-57-53-16-12-8-4,63-59-55-51-48-45-42-39-36-33-30-27-24-21-18-14-10-6-2)64-60-56-52-49-46-43-40-37-34-31-28-25-22-19-15-11-7-3/h5-64H2,1-4H3/q+1. The quantitative estimate of drug-likeness (QED) is 0.0421. The Morgan fingerprint density at radius 1 is 0.123 bits per heavy atom. The summed E-state index contributed by atoms with van der Waals surface area (Å²) >= 11 is 0. The normalized spacial score (nSPS) is 12.0. The first-order valence-corrected chi connectivity index (χ1v) is 32.1. The largest absolute Gasteiger partial charge is 0.324 e. The van der Waals surface area contributed by atoms with Crippen LogP contribution in [-0.2, 0) is 0 Å². The average Bonchev–Trinajstić information content (AvgIpc) is 3.31. The van der Waals surface area contributed by atoms with Gasteiger partial charge in [0.05, 0.1) is 26.2 Å². The second-order valence-electron chi connectivity index (χ2n) is 22.6. The van der Waals surface area contributed by atoms with Crippen LogP contribution in [0.2, 0.25) is 0 Å². The lowest BCUT2D eigenvalue weighted by Crippen LogP contribution is -2.50. The van der Waals surface area contributed by atoms with Crippen molar-refractivity contribution in [3.63, 3.8) is 0 Å². The highest BCUT2D eigenvalue weighted by Crippen LogP contribution is 2.22. The van der Waals surface area contributed by atoms with E-state index in [9.17, 15) is 0 Å². The number of unbranched alkanes of at least 4 members (excludes halogenated alkanes) is 52. The first-order valence-electron chi connectivity index (χ1n) is 32.1. The van der Waals surface area contributed by atoms with E-state index < -0.39 is 0 Å². The maximum absolute atomic E-state index is 2.38. The van der Waals surface area contributed by atoms with Crippen LogP contribution in [0.4, 0.5) is 0 Å². The summed E-state index contributed by atoms with van der Waals surface area (Å²) in [6, 6.07) is 0. The summed E-state index contributed by atoms with van der Waals surface area (Å²) in [4.78, 5) is 0. The van der Waals surface area contributed by atoms with Crippen LogP contribution in [0.25, 0.3) is 0 Å². The number of hydrogen-bond donors (Lipinski definition) is 0. The van der Waals surface area contributed by atoms with Crippen LogP contribution in [0.15, 0.2) is 0 Å². The zero-order valence-electron chi connectivity index (χ0n) is 46.9. The third kappa shape index (κ3) is 53.2. The van der Waals surface area contributed by atoms with E-state index >= 15 is 0 Å². The van der Waals surface area contributed by atoms with Gasteiger partial charge in [-0.3, -0.25) is 0 Å². The molecule has 0 N–H and O–H groups in total. The number of hydrogen-bond acceptors (Lipinski definition) is 0. The maximum Gasteiger partial charge on any atom is 0.0786 e. The third-order valence-corrected chi connectivity index (χ3v) is 15.9. The molecule has 0 aliphatic heterocycles. The molecule has 0 saturated heterocycles. The van der Waals surface area contributed by atoms with Gasteiger partial charge in [-0.2, -0.15) is 0 Å². The van der Waals surface area contributed by atoms with Crippen molar-refractivity contribution in [2.45, 2.75) is 387 Å². The average molecular weight is 916 g/mol. The van der Waals surface area contributed by atoms with E-state index in [0.29, 0.717) is 0 Å². The van der Waals surface area contributed by atoms with Gasteiger partial charge >= 0.3 is 0 Å². The van der Waals surface area contributed by atoms with Gasteiger partial charge in [0, 0.05) is 0 Å². The van der Waals surface area contributed by atoms with Crippen LogP contribution >= 0.6 is 0 Å². The van der Waals surface area contributed by atoms with E-state index in [2.05, 4.69) is 27.7 Å². The molecule has 0 unspecified atom stereocenters. The maximum atomic E-state index is 2.38. The predicted octanol–water partition coefficient (Wildman–Crippen LogP) is 23.7. The minimum atomic E-state index is 1.37. The van der Waals surface area contributed by atoms with Crippen molar-refractivity contribution in [3.05, 3.63) is 0 Å². The molecule has 0 aromatic rings. The van der Waals surface area contributed by atoms with Crippen molar-refractivity contribution in [2.75, 3.05) is 26.2 Å². The molecule has 1 heteroatoms. The second kappa shape index (κ2) is 58.3. The van der Waals surface area contributed by atoms with Crippen molar-refractivity contribution < 1.29 is 4.48 Å². The predicted molar refractivity (Wildman–Crippen MR) is 301 cm³/mol. The van der Waals surface area contributed by atoms with Crippen molar-refractivity contribution in [1.29, 1.82) is 0 Å². The minimum absolute atomic E-state index is 1.37. The topological polar surface area (TPSA) is 0 Å². The smallest absolute Gasteiger partial charge is 0.0786 e. The van der Waals surface area contributed by atoms with E-state index in [1.165, 1.54) is 390 Å². The molecule has 0 atom stereocenters. The zero-order valence-corrected chi connectivity index (χ0v) is 46.9. The molecule has 0 spiro atoms. The summed E-state index contributed by atoms with van der Waals surface area (Å²) in [5, 5.41) is 0. The lowest BCUT2D eigenvalue weighted by atomic mass is 10.0. The Morgan fingerprint density at radius 3 is 0.323 bits per heavy atom. The second-order valence-corrected chi connectivity index (χ2v) is 22.6. The molecule has 0 aromatic carbocycles. The van der Waals surface area contributed by atoms with E-state index in [1.807, 2.05) is 0 Å². The highest BCUT2D eigenvalue weighted by Gasteiger charge is 2.25. The lowest BCUT2D eigenvalue weighted by molar-refractivity contribution is -0.929. The monoisotopic (exact) mass is 915 g/mol. The first kappa shape index (κ1) is 65.0. The zero-order chi connectivity index (χ0) is 46.9. The Balaban J connectivity index is 4.62. The first-order chi connectivity index (χ1) is 32.2. The summed E-state index contributed by atoms with van der Waals surface area (Å²) in [6.45, 7) is 15.3. The molecule has 0 aliphatic rings. The van der Waals surface area contributed by atoms with Crippen LogP contribution in [0.1, 0.15) is 387 Å². The molecule has 0 aromatic heterocycles. The molecule has 0 amide bonds. The van der Waals surface area contributed by atoms with Gasteiger partial charge in [0.1, 0.15) is 0 Å². The van der Waals surface area contributed by atoms with E-state index in [4.69, 9.17) is 0 Å². The molecule has 0 bridgehead atoms. The van der Waals surface area contributed by atoms with Crippen molar-refractivity contribution >= 4 is 0 Å². The Kier molecular flexibility index (Phi) is 58.2.